The molecule has 0 aromatic heterocycles. The fraction of sp³-hybridized carbons (Fsp3) is 0.350. The fourth-order valence-electron chi connectivity index (χ4n) is 3.15. The Balaban J connectivity index is 1.43. The number of hydrogen-bond acceptors (Lipinski definition) is 3. The van der Waals surface area contributed by atoms with Crippen molar-refractivity contribution in [3.63, 3.8) is 0 Å². The Morgan fingerprint density at radius 2 is 1.75 bits per heavy atom. The van der Waals surface area contributed by atoms with Crippen LogP contribution in [0.1, 0.15) is 24.0 Å². The van der Waals surface area contributed by atoms with Gasteiger partial charge in [-0.2, -0.15) is 0 Å². The number of phenolic OH excluding ortho intramolecular Hbond substituents is 1. The van der Waals surface area contributed by atoms with Gasteiger partial charge in [0.25, 0.3) is 0 Å². The number of rotatable bonds is 4. The number of hydrogen-bond donors (Lipinski definition) is 1. The SMILES string of the molecule is O=C(OCc1ccccc1)N1CCC(Cc2cccc(O)c2)CC1. The molecule has 2 aromatic carbocycles. The average molecular weight is 325 g/mol. The smallest absolute Gasteiger partial charge is 0.410 e. The maximum atomic E-state index is 12.2. The Labute approximate surface area is 142 Å². The van der Waals surface area contributed by atoms with Crippen LogP contribution in [0.15, 0.2) is 54.6 Å². The van der Waals surface area contributed by atoms with E-state index in [0.717, 1.165) is 43.5 Å². The van der Waals surface area contributed by atoms with Gasteiger partial charge in [0.05, 0.1) is 0 Å². The predicted molar refractivity (Wildman–Crippen MR) is 92.7 cm³/mol. The van der Waals surface area contributed by atoms with Gasteiger partial charge in [-0.15, -0.1) is 0 Å². The molecule has 1 aliphatic rings. The summed E-state index contributed by atoms with van der Waals surface area (Å²) < 4.78 is 5.39. The van der Waals surface area contributed by atoms with Gasteiger partial charge in [-0.25, -0.2) is 4.79 Å². The van der Waals surface area contributed by atoms with Crippen molar-refractivity contribution in [2.24, 2.45) is 5.92 Å². The van der Waals surface area contributed by atoms with Crippen LogP contribution < -0.4 is 0 Å². The lowest BCUT2D eigenvalue weighted by Crippen LogP contribution is -2.39. The van der Waals surface area contributed by atoms with Gasteiger partial charge in [0.15, 0.2) is 0 Å². The molecule has 0 spiro atoms. The lowest BCUT2D eigenvalue weighted by atomic mass is 9.90. The molecule has 4 nitrogen and oxygen atoms in total. The molecular formula is C20H23NO3. The van der Waals surface area contributed by atoms with Crippen LogP contribution in [-0.4, -0.2) is 29.2 Å². The van der Waals surface area contributed by atoms with E-state index in [1.54, 1.807) is 11.0 Å². The molecule has 0 saturated carbocycles. The molecular weight excluding hydrogens is 302 g/mol. The number of nitrogens with zero attached hydrogens (tertiary/aromatic N) is 1. The number of carbonyl (C=O) groups excluding carboxylic acids is 1. The summed E-state index contributed by atoms with van der Waals surface area (Å²) >= 11 is 0. The second kappa shape index (κ2) is 7.86. The highest BCUT2D eigenvalue weighted by Gasteiger charge is 2.23. The fourth-order valence-corrected chi connectivity index (χ4v) is 3.15. The number of piperidine rings is 1. The highest BCUT2D eigenvalue weighted by atomic mass is 16.6. The lowest BCUT2D eigenvalue weighted by molar-refractivity contribution is 0.0823. The van der Waals surface area contributed by atoms with E-state index < -0.39 is 0 Å². The molecule has 1 fully saturated rings. The van der Waals surface area contributed by atoms with Crippen molar-refractivity contribution in [1.29, 1.82) is 0 Å². The Bertz CT molecular complexity index is 664. The first-order valence-electron chi connectivity index (χ1n) is 8.44. The molecule has 1 aliphatic heterocycles. The van der Waals surface area contributed by atoms with Gasteiger partial charge in [-0.3, -0.25) is 0 Å². The second-order valence-corrected chi connectivity index (χ2v) is 6.34. The Kier molecular flexibility index (Phi) is 5.36. The minimum absolute atomic E-state index is 0.227. The first kappa shape index (κ1) is 16.4. The van der Waals surface area contributed by atoms with Crippen LogP contribution in [-0.2, 0) is 17.8 Å². The van der Waals surface area contributed by atoms with E-state index in [0.29, 0.717) is 18.3 Å². The summed E-state index contributed by atoms with van der Waals surface area (Å²) in [4.78, 5) is 13.9. The van der Waals surface area contributed by atoms with E-state index >= 15 is 0 Å². The van der Waals surface area contributed by atoms with Crippen molar-refractivity contribution >= 4 is 6.09 Å². The van der Waals surface area contributed by atoms with Crippen LogP contribution in [0.5, 0.6) is 5.75 Å². The van der Waals surface area contributed by atoms with Gasteiger partial charge < -0.3 is 14.7 Å². The second-order valence-electron chi connectivity index (χ2n) is 6.34. The Hall–Kier alpha value is -2.49. The Morgan fingerprint density at radius 1 is 1.04 bits per heavy atom. The zero-order valence-electron chi connectivity index (χ0n) is 13.7. The Morgan fingerprint density at radius 3 is 2.46 bits per heavy atom. The third-order valence-corrected chi connectivity index (χ3v) is 4.51. The summed E-state index contributed by atoms with van der Waals surface area (Å²) in [5.74, 6) is 0.861. The highest BCUT2D eigenvalue weighted by Crippen LogP contribution is 2.23. The minimum atomic E-state index is -0.227. The molecule has 4 heteroatoms. The maximum Gasteiger partial charge on any atom is 0.410 e. The quantitative estimate of drug-likeness (QED) is 0.925. The van der Waals surface area contributed by atoms with Gasteiger partial charge in [-0.1, -0.05) is 42.5 Å². The third kappa shape index (κ3) is 4.51. The van der Waals surface area contributed by atoms with Gasteiger partial charge >= 0.3 is 6.09 Å². The molecule has 2 aromatic rings. The van der Waals surface area contributed by atoms with Crippen LogP contribution in [0.3, 0.4) is 0 Å². The van der Waals surface area contributed by atoms with E-state index in [1.165, 1.54) is 0 Å². The molecule has 126 valence electrons. The van der Waals surface area contributed by atoms with Gasteiger partial charge in [0, 0.05) is 13.1 Å². The largest absolute Gasteiger partial charge is 0.508 e. The van der Waals surface area contributed by atoms with Crippen LogP contribution in [0.4, 0.5) is 4.79 Å². The van der Waals surface area contributed by atoms with Gasteiger partial charge in [0.1, 0.15) is 12.4 Å². The van der Waals surface area contributed by atoms with Crippen molar-refractivity contribution in [2.75, 3.05) is 13.1 Å². The molecule has 1 amide bonds. The first-order chi connectivity index (χ1) is 11.7. The number of benzene rings is 2. The first-order valence-corrected chi connectivity index (χ1v) is 8.44. The minimum Gasteiger partial charge on any atom is -0.508 e. The molecule has 3 rings (SSSR count). The number of aromatic hydroxyl groups is 1. The molecule has 0 radical (unpaired) electrons. The molecule has 1 heterocycles. The van der Waals surface area contributed by atoms with Gasteiger partial charge in [-0.05, 0) is 48.4 Å². The van der Waals surface area contributed by atoms with Crippen LogP contribution in [0, 0.1) is 5.92 Å². The molecule has 1 saturated heterocycles. The van der Waals surface area contributed by atoms with E-state index in [9.17, 15) is 9.90 Å². The zero-order valence-corrected chi connectivity index (χ0v) is 13.7. The normalized spacial score (nSPS) is 15.2. The predicted octanol–water partition coefficient (Wildman–Crippen LogP) is 3.98. The zero-order chi connectivity index (χ0) is 16.8. The standard InChI is InChI=1S/C20H23NO3/c22-19-8-4-7-18(14-19)13-16-9-11-21(12-10-16)20(23)24-15-17-5-2-1-3-6-17/h1-8,14,16,22H,9-13,15H2. The summed E-state index contributed by atoms with van der Waals surface area (Å²) in [5, 5.41) is 9.54. The maximum absolute atomic E-state index is 12.2. The molecule has 0 atom stereocenters. The van der Waals surface area contributed by atoms with E-state index in [1.807, 2.05) is 48.5 Å². The third-order valence-electron chi connectivity index (χ3n) is 4.51. The summed E-state index contributed by atoms with van der Waals surface area (Å²) in [6.07, 6.45) is 2.66. The van der Waals surface area contributed by atoms with Crippen molar-refractivity contribution in [3.05, 3.63) is 65.7 Å². The topological polar surface area (TPSA) is 49.8 Å². The van der Waals surface area contributed by atoms with E-state index in [-0.39, 0.29) is 6.09 Å². The lowest BCUT2D eigenvalue weighted by Gasteiger charge is -2.31. The van der Waals surface area contributed by atoms with E-state index in [4.69, 9.17) is 4.74 Å². The van der Waals surface area contributed by atoms with Crippen LogP contribution in [0.25, 0.3) is 0 Å². The molecule has 0 aliphatic carbocycles. The monoisotopic (exact) mass is 325 g/mol. The van der Waals surface area contributed by atoms with Crippen molar-refractivity contribution < 1.29 is 14.6 Å². The number of carbonyl (C=O) groups is 1. The van der Waals surface area contributed by atoms with Crippen molar-refractivity contribution in [2.45, 2.75) is 25.9 Å². The number of likely N-dealkylation sites (tertiary alicyclic amines) is 1. The summed E-state index contributed by atoms with van der Waals surface area (Å²) in [5.41, 5.74) is 2.16. The molecule has 0 unspecified atom stereocenters. The average Bonchev–Trinajstić information content (AvgIpc) is 2.61. The molecule has 24 heavy (non-hydrogen) atoms. The molecule has 0 bridgehead atoms. The number of ether oxygens (including phenoxy) is 1. The van der Waals surface area contributed by atoms with Crippen LogP contribution in [0.2, 0.25) is 0 Å². The van der Waals surface area contributed by atoms with E-state index in [2.05, 4.69) is 0 Å². The van der Waals surface area contributed by atoms with Crippen molar-refractivity contribution in [3.8, 4) is 5.75 Å². The summed E-state index contributed by atoms with van der Waals surface area (Å²) in [7, 11) is 0. The number of amides is 1. The van der Waals surface area contributed by atoms with Gasteiger partial charge in [0.2, 0.25) is 0 Å². The highest BCUT2D eigenvalue weighted by molar-refractivity contribution is 5.67. The summed E-state index contributed by atoms with van der Waals surface area (Å²) in [6, 6.07) is 17.2. The van der Waals surface area contributed by atoms with Crippen LogP contribution >= 0.6 is 0 Å². The summed E-state index contributed by atoms with van der Waals surface area (Å²) in [6.45, 7) is 1.79. The molecule has 1 N–H and O–H groups in total. The van der Waals surface area contributed by atoms with Crippen molar-refractivity contribution in [1.82, 2.24) is 4.90 Å². The number of phenols is 1.